The average Bonchev–Trinajstić information content (AvgIpc) is 2.73. The molecular weight excluding hydrogens is 401 g/mol. The first-order valence-electron chi connectivity index (χ1n) is 10.1. The van der Waals surface area contributed by atoms with Crippen LogP contribution in [-0.4, -0.2) is 27.3 Å². The molecule has 1 heterocycles. The Morgan fingerprint density at radius 1 is 1.17 bits per heavy atom. The molecule has 0 spiro atoms. The van der Waals surface area contributed by atoms with E-state index in [-0.39, 0.29) is 17.2 Å². The van der Waals surface area contributed by atoms with Crippen molar-refractivity contribution in [3.63, 3.8) is 0 Å². The lowest BCUT2D eigenvalue weighted by Gasteiger charge is -2.19. The standard InChI is InChI=1S/C23H26FN3O2S/c1-4-9-20(21(28)25-14-15(2)3)30-23-26-18-12-7-5-10-16(18)22(29)27(23)19-13-8-6-11-17(19)24/h5-8,10-13,15,20H,4,9,14H2,1-3H3,(H,25,28). The minimum absolute atomic E-state index is 0.0990. The fourth-order valence-electron chi connectivity index (χ4n) is 3.09. The van der Waals surface area contributed by atoms with Crippen LogP contribution in [0.1, 0.15) is 33.6 Å². The zero-order chi connectivity index (χ0) is 21.7. The summed E-state index contributed by atoms with van der Waals surface area (Å²) < 4.78 is 15.9. The molecule has 1 amide bonds. The molecule has 1 N–H and O–H groups in total. The van der Waals surface area contributed by atoms with Crippen LogP contribution in [0.2, 0.25) is 0 Å². The number of benzene rings is 2. The number of aromatic nitrogens is 2. The molecule has 0 aliphatic rings. The van der Waals surface area contributed by atoms with Gasteiger partial charge in [-0.25, -0.2) is 9.37 Å². The number of thioether (sulfide) groups is 1. The highest BCUT2D eigenvalue weighted by Crippen LogP contribution is 2.28. The summed E-state index contributed by atoms with van der Waals surface area (Å²) in [7, 11) is 0. The Morgan fingerprint density at radius 2 is 1.87 bits per heavy atom. The molecule has 0 radical (unpaired) electrons. The number of nitrogens with one attached hydrogen (secondary N) is 1. The minimum Gasteiger partial charge on any atom is -0.355 e. The van der Waals surface area contributed by atoms with Gasteiger partial charge in [0.05, 0.1) is 21.8 Å². The summed E-state index contributed by atoms with van der Waals surface area (Å²) in [6.07, 6.45) is 1.42. The van der Waals surface area contributed by atoms with Gasteiger partial charge in [0.2, 0.25) is 5.91 Å². The normalized spacial score (nSPS) is 12.3. The van der Waals surface area contributed by atoms with Crippen molar-refractivity contribution in [1.82, 2.24) is 14.9 Å². The molecule has 30 heavy (non-hydrogen) atoms. The Kier molecular flexibility index (Phi) is 7.26. The van der Waals surface area contributed by atoms with E-state index in [2.05, 4.69) is 10.3 Å². The van der Waals surface area contributed by atoms with Crippen LogP contribution in [-0.2, 0) is 4.79 Å². The molecular formula is C23H26FN3O2S. The quantitative estimate of drug-likeness (QED) is 0.423. The van der Waals surface area contributed by atoms with E-state index in [4.69, 9.17) is 0 Å². The second kappa shape index (κ2) is 9.89. The molecule has 0 bridgehead atoms. The van der Waals surface area contributed by atoms with Crippen LogP contribution in [0.5, 0.6) is 0 Å². The number of amides is 1. The van der Waals surface area contributed by atoms with Crippen LogP contribution in [0.15, 0.2) is 58.5 Å². The smallest absolute Gasteiger partial charge is 0.266 e. The predicted octanol–water partition coefficient (Wildman–Crippen LogP) is 4.56. The van der Waals surface area contributed by atoms with E-state index >= 15 is 0 Å². The van der Waals surface area contributed by atoms with Gasteiger partial charge in [-0.2, -0.15) is 0 Å². The molecule has 3 aromatic rings. The number of hydrogen-bond donors (Lipinski definition) is 1. The largest absolute Gasteiger partial charge is 0.355 e. The number of nitrogens with zero attached hydrogens (tertiary/aromatic N) is 2. The van der Waals surface area contributed by atoms with Crippen molar-refractivity contribution in [1.29, 1.82) is 0 Å². The first kappa shape index (κ1) is 22.0. The van der Waals surface area contributed by atoms with Crippen molar-refractivity contribution in [2.75, 3.05) is 6.54 Å². The van der Waals surface area contributed by atoms with Gasteiger partial charge in [-0.3, -0.25) is 14.2 Å². The molecule has 0 fully saturated rings. The number of hydrogen-bond acceptors (Lipinski definition) is 4. The van der Waals surface area contributed by atoms with Crippen molar-refractivity contribution < 1.29 is 9.18 Å². The zero-order valence-corrected chi connectivity index (χ0v) is 18.2. The predicted molar refractivity (Wildman–Crippen MR) is 120 cm³/mol. The van der Waals surface area contributed by atoms with E-state index in [9.17, 15) is 14.0 Å². The van der Waals surface area contributed by atoms with E-state index in [0.717, 1.165) is 6.42 Å². The van der Waals surface area contributed by atoms with Crippen LogP contribution in [0.25, 0.3) is 16.6 Å². The maximum Gasteiger partial charge on any atom is 0.266 e. The second-order valence-corrected chi connectivity index (χ2v) is 8.71. The van der Waals surface area contributed by atoms with Gasteiger partial charge in [0, 0.05) is 6.54 Å². The summed E-state index contributed by atoms with van der Waals surface area (Å²) in [5.41, 5.74) is 0.294. The molecule has 3 rings (SSSR count). The highest BCUT2D eigenvalue weighted by Gasteiger charge is 2.24. The molecule has 1 aromatic heterocycles. The summed E-state index contributed by atoms with van der Waals surface area (Å²) in [5.74, 6) is -0.288. The maximum absolute atomic E-state index is 14.6. The number of rotatable bonds is 8. The summed E-state index contributed by atoms with van der Waals surface area (Å²) in [6.45, 7) is 6.64. The van der Waals surface area contributed by atoms with Gasteiger partial charge < -0.3 is 5.32 Å². The van der Waals surface area contributed by atoms with Crippen molar-refractivity contribution in [2.24, 2.45) is 5.92 Å². The van der Waals surface area contributed by atoms with Gasteiger partial charge in [-0.1, -0.05) is 63.2 Å². The molecule has 0 aliphatic heterocycles. The highest BCUT2D eigenvalue weighted by molar-refractivity contribution is 8.00. The van der Waals surface area contributed by atoms with Gasteiger partial charge in [0.15, 0.2) is 5.16 Å². The van der Waals surface area contributed by atoms with Gasteiger partial charge in [0.25, 0.3) is 5.56 Å². The third kappa shape index (κ3) is 4.90. The Morgan fingerprint density at radius 3 is 2.57 bits per heavy atom. The van der Waals surface area contributed by atoms with E-state index < -0.39 is 11.1 Å². The Labute approximate surface area is 179 Å². The van der Waals surface area contributed by atoms with E-state index in [0.29, 0.717) is 34.9 Å². The van der Waals surface area contributed by atoms with Crippen molar-refractivity contribution in [2.45, 2.75) is 44.0 Å². The molecule has 7 heteroatoms. The summed E-state index contributed by atoms with van der Waals surface area (Å²) in [5, 5.41) is 3.24. The highest BCUT2D eigenvalue weighted by atomic mass is 32.2. The van der Waals surface area contributed by atoms with Gasteiger partial charge in [0.1, 0.15) is 5.82 Å². The lowest BCUT2D eigenvalue weighted by Crippen LogP contribution is -2.35. The second-order valence-electron chi connectivity index (χ2n) is 7.54. The lowest BCUT2D eigenvalue weighted by molar-refractivity contribution is -0.120. The monoisotopic (exact) mass is 427 g/mol. The zero-order valence-electron chi connectivity index (χ0n) is 17.4. The maximum atomic E-state index is 14.6. The van der Waals surface area contributed by atoms with Crippen LogP contribution in [0.4, 0.5) is 4.39 Å². The molecule has 0 saturated heterocycles. The Hall–Kier alpha value is -2.67. The SMILES string of the molecule is CCCC(Sc1nc2ccccc2c(=O)n1-c1ccccc1F)C(=O)NCC(C)C. The number of halogens is 1. The summed E-state index contributed by atoms with van der Waals surface area (Å²) >= 11 is 1.21. The van der Waals surface area contributed by atoms with Crippen LogP contribution >= 0.6 is 11.8 Å². The third-order valence-electron chi connectivity index (χ3n) is 4.61. The molecule has 158 valence electrons. The number of carbonyl (C=O) groups excluding carboxylic acids is 1. The lowest BCUT2D eigenvalue weighted by atomic mass is 10.2. The first-order chi connectivity index (χ1) is 14.4. The number of fused-ring (bicyclic) bond motifs is 1. The molecule has 0 saturated carbocycles. The fraction of sp³-hybridized carbons (Fsp3) is 0.348. The van der Waals surface area contributed by atoms with Gasteiger partial charge in [-0.05, 0) is 36.6 Å². The summed E-state index contributed by atoms with van der Waals surface area (Å²) in [4.78, 5) is 30.7. The van der Waals surface area contributed by atoms with Crippen molar-refractivity contribution >= 4 is 28.6 Å². The number of para-hydroxylation sites is 2. The van der Waals surface area contributed by atoms with Crippen molar-refractivity contribution in [3.05, 3.63) is 64.7 Å². The molecule has 2 aromatic carbocycles. The third-order valence-corrected chi connectivity index (χ3v) is 5.83. The van der Waals surface area contributed by atoms with E-state index in [1.807, 2.05) is 20.8 Å². The molecule has 1 atom stereocenters. The first-order valence-corrected chi connectivity index (χ1v) is 11.0. The van der Waals surface area contributed by atoms with Gasteiger partial charge in [-0.15, -0.1) is 0 Å². The van der Waals surface area contributed by atoms with Crippen LogP contribution in [0, 0.1) is 11.7 Å². The molecule has 5 nitrogen and oxygen atoms in total. The fourth-order valence-corrected chi connectivity index (χ4v) is 4.32. The van der Waals surface area contributed by atoms with Crippen LogP contribution in [0.3, 0.4) is 0 Å². The van der Waals surface area contributed by atoms with E-state index in [1.54, 1.807) is 42.5 Å². The Bertz CT molecular complexity index is 1100. The number of carbonyl (C=O) groups is 1. The minimum atomic E-state index is -0.519. The average molecular weight is 428 g/mol. The Balaban J connectivity index is 2.11. The van der Waals surface area contributed by atoms with Crippen LogP contribution < -0.4 is 10.9 Å². The molecule has 0 aliphatic carbocycles. The van der Waals surface area contributed by atoms with Crippen molar-refractivity contribution in [3.8, 4) is 5.69 Å². The topological polar surface area (TPSA) is 64.0 Å². The molecule has 1 unspecified atom stereocenters. The van der Waals surface area contributed by atoms with E-state index in [1.165, 1.54) is 22.4 Å². The van der Waals surface area contributed by atoms with Gasteiger partial charge >= 0.3 is 0 Å². The summed E-state index contributed by atoms with van der Waals surface area (Å²) in [6, 6.07) is 13.1.